The Morgan fingerprint density at radius 2 is 1.64 bits per heavy atom. The number of aryl methyl sites for hydroxylation is 1. The summed E-state index contributed by atoms with van der Waals surface area (Å²) in [5.74, 6) is 1.62. The van der Waals surface area contributed by atoms with E-state index in [1.165, 1.54) is 7.11 Å². The number of hydrogen-bond donors (Lipinski definition) is 0. The van der Waals surface area contributed by atoms with Gasteiger partial charge in [0.05, 0.1) is 14.2 Å². The summed E-state index contributed by atoms with van der Waals surface area (Å²) in [7, 11) is 3.08. The fourth-order valence-corrected chi connectivity index (χ4v) is 1.14. The molecule has 0 saturated carbocycles. The number of carbonyl (C=O) groups is 1. The molecule has 0 N–H and O–H groups in total. The van der Waals surface area contributed by atoms with E-state index in [1.54, 1.807) is 19.2 Å². The molecule has 1 rings (SSSR count). The first kappa shape index (κ1) is 10.4. The molecule has 0 aliphatic heterocycles. The molecule has 0 heterocycles. The van der Waals surface area contributed by atoms with E-state index < -0.39 is 0 Å². The van der Waals surface area contributed by atoms with Crippen LogP contribution in [-0.2, 0) is 4.79 Å². The monoisotopic (exact) mass is 196 g/mol. The second-order valence-electron chi connectivity index (χ2n) is 2.69. The molecule has 0 fully saturated rings. The second kappa shape index (κ2) is 4.50. The van der Waals surface area contributed by atoms with Crippen LogP contribution in [-0.4, -0.2) is 20.7 Å². The highest BCUT2D eigenvalue weighted by atomic mass is 16.5. The molecule has 0 saturated heterocycles. The van der Waals surface area contributed by atoms with E-state index in [0.717, 1.165) is 5.56 Å². The van der Waals surface area contributed by atoms with Crippen molar-refractivity contribution in [1.29, 1.82) is 0 Å². The minimum Gasteiger partial charge on any atom is -0.493 e. The predicted molar refractivity (Wildman–Crippen MR) is 51.0 cm³/mol. The van der Waals surface area contributed by atoms with Crippen molar-refractivity contribution in [1.82, 2.24) is 0 Å². The number of benzene rings is 1. The third kappa shape index (κ3) is 1.96. The Morgan fingerprint density at radius 3 is 2.14 bits per heavy atom. The smallest absolute Gasteiger partial charge is 0.298 e. The molecular formula is C10H12O4. The van der Waals surface area contributed by atoms with Crippen LogP contribution in [0.2, 0.25) is 0 Å². The van der Waals surface area contributed by atoms with E-state index >= 15 is 0 Å². The standard InChI is InChI=1S/C10H12O4/c1-7-4-9(12-2)10(13-3)5-8(7)14-6-11/h4-6H,1-3H3. The molecular weight excluding hydrogens is 184 g/mol. The molecule has 0 radical (unpaired) electrons. The quantitative estimate of drug-likeness (QED) is 0.685. The molecule has 0 unspecified atom stereocenters. The van der Waals surface area contributed by atoms with Gasteiger partial charge in [-0.3, -0.25) is 4.79 Å². The van der Waals surface area contributed by atoms with Gasteiger partial charge in [-0.2, -0.15) is 0 Å². The molecule has 4 heteroatoms. The van der Waals surface area contributed by atoms with Crippen molar-refractivity contribution in [2.24, 2.45) is 0 Å². The number of carbonyl (C=O) groups excluding carboxylic acids is 1. The molecule has 1 aromatic rings. The topological polar surface area (TPSA) is 44.8 Å². The lowest BCUT2D eigenvalue weighted by atomic mass is 10.2. The molecule has 14 heavy (non-hydrogen) atoms. The SMILES string of the molecule is COc1cc(C)c(OC=O)cc1OC. The maximum absolute atomic E-state index is 10.2. The zero-order chi connectivity index (χ0) is 10.6. The van der Waals surface area contributed by atoms with Crippen LogP contribution in [0.5, 0.6) is 17.2 Å². The van der Waals surface area contributed by atoms with Gasteiger partial charge in [0.2, 0.25) is 0 Å². The lowest BCUT2D eigenvalue weighted by Gasteiger charge is -2.10. The molecule has 0 amide bonds. The summed E-state index contributed by atoms with van der Waals surface area (Å²) in [6.45, 7) is 2.20. The summed E-state index contributed by atoms with van der Waals surface area (Å²) in [5, 5.41) is 0. The van der Waals surface area contributed by atoms with Crippen molar-refractivity contribution < 1.29 is 19.0 Å². The summed E-state index contributed by atoms with van der Waals surface area (Å²) in [4.78, 5) is 10.2. The maximum Gasteiger partial charge on any atom is 0.298 e. The molecule has 4 nitrogen and oxygen atoms in total. The lowest BCUT2D eigenvalue weighted by Crippen LogP contribution is -1.96. The first-order valence-corrected chi connectivity index (χ1v) is 4.05. The largest absolute Gasteiger partial charge is 0.493 e. The van der Waals surface area contributed by atoms with Gasteiger partial charge in [0.25, 0.3) is 6.47 Å². The third-order valence-corrected chi connectivity index (χ3v) is 1.86. The maximum atomic E-state index is 10.2. The van der Waals surface area contributed by atoms with Crippen molar-refractivity contribution in [3.8, 4) is 17.2 Å². The van der Waals surface area contributed by atoms with Gasteiger partial charge < -0.3 is 14.2 Å². The van der Waals surface area contributed by atoms with Crippen molar-refractivity contribution >= 4 is 6.47 Å². The molecule has 0 atom stereocenters. The summed E-state index contributed by atoms with van der Waals surface area (Å²) in [5.41, 5.74) is 0.815. The highest BCUT2D eigenvalue weighted by Crippen LogP contribution is 2.33. The van der Waals surface area contributed by atoms with Gasteiger partial charge in [-0.05, 0) is 18.6 Å². The molecule has 0 bridgehead atoms. The van der Waals surface area contributed by atoms with Crippen LogP contribution in [0.15, 0.2) is 12.1 Å². The van der Waals surface area contributed by atoms with Crippen LogP contribution in [0.3, 0.4) is 0 Å². The van der Waals surface area contributed by atoms with Crippen molar-refractivity contribution in [3.05, 3.63) is 17.7 Å². The molecule has 0 aromatic heterocycles. The van der Waals surface area contributed by atoms with E-state index in [0.29, 0.717) is 23.7 Å². The first-order valence-electron chi connectivity index (χ1n) is 4.05. The summed E-state index contributed by atoms with van der Waals surface area (Å²) < 4.78 is 14.9. The van der Waals surface area contributed by atoms with Gasteiger partial charge in [-0.15, -0.1) is 0 Å². The zero-order valence-corrected chi connectivity index (χ0v) is 8.37. The zero-order valence-electron chi connectivity index (χ0n) is 8.37. The molecule has 0 aliphatic carbocycles. The molecule has 0 aliphatic rings. The molecule has 1 aromatic carbocycles. The van der Waals surface area contributed by atoms with Crippen LogP contribution in [0.25, 0.3) is 0 Å². The van der Waals surface area contributed by atoms with Crippen LogP contribution >= 0.6 is 0 Å². The Hall–Kier alpha value is -1.71. The number of rotatable bonds is 4. The van der Waals surface area contributed by atoms with E-state index in [9.17, 15) is 4.79 Å². The fraction of sp³-hybridized carbons (Fsp3) is 0.300. The van der Waals surface area contributed by atoms with Crippen molar-refractivity contribution in [3.63, 3.8) is 0 Å². The molecule has 0 spiro atoms. The van der Waals surface area contributed by atoms with Crippen molar-refractivity contribution in [2.75, 3.05) is 14.2 Å². The third-order valence-electron chi connectivity index (χ3n) is 1.86. The number of ether oxygens (including phenoxy) is 3. The van der Waals surface area contributed by atoms with Gasteiger partial charge in [0.15, 0.2) is 11.5 Å². The van der Waals surface area contributed by atoms with E-state index in [-0.39, 0.29) is 0 Å². The second-order valence-corrected chi connectivity index (χ2v) is 2.69. The van der Waals surface area contributed by atoms with Gasteiger partial charge in [0, 0.05) is 6.07 Å². The van der Waals surface area contributed by atoms with E-state index in [1.807, 2.05) is 6.92 Å². The van der Waals surface area contributed by atoms with E-state index in [2.05, 4.69) is 0 Å². The first-order chi connectivity index (χ1) is 6.72. The summed E-state index contributed by atoms with van der Waals surface area (Å²) >= 11 is 0. The number of hydrogen-bond acceptors (Lipinski definition) is 4. The lowest BCUT2D eigenvalue weighted by molar-refractivity contribution is -0.120. The van der Waals surface area contributed by atoms with Crippen LogP contribution in [0.4, 0.5) is 0 Å². The van der Waals surface area contributed by atoms with Gasteiger partial charge in [-0.25, -0.2) is 0 Å². The summed E-state index contributed by atoms with van der Waals surface area (Å²) in [6, 6.07) is 3.36. The highest BCUT2D eigenvalue weighted by molar-refractivity contribution is 5.54. The Kier molecular flexibility index (Phi) is 3.34. The highest BCUT2D eigenvalue weighted by Gasteiger charge is 2.08. The Labute approximate surface area is 82.4 Å². The van der Waals surface area contributed by atoms with Crippen LogP contribution in [0, 0.1) is 6.92 Å². The van der Waals surface area contributed by atoms with Crippen LogP contribution < -0.4 is 14.2 Å². The normalized spacial score (nSPS) is 9.36. The predicted octanol–water partition coefficient (Wildman–Crippen LogP) is 1.55. The van der Waals surface area contributed by atoms with Crippen molar-refractivity contribution in [2.45, 2.75) is 6.92 Å². The minimum absolute atomic E-state index is 0.383. The van der Waals surface area contributed by atoms with Gasteiger partial charge >= 0.3 is 0 Å². The Morgan fingerprint density at radius 1 is 1.07 bits per heavy atom. The average Bonchev–Trinajstić information content (AvgIpc) is 2.20. The van der Waals surface area contributed by atoms with E-state index in [4.69, 9.17) is 14.2 Å². The van der Waals surface area contributed by atoms with Gasteiger partial charge in [-0.1, -0.05) is 0 Å². The molecule has 76 valence electrons. The van der Waals surface area contributed by atoms with Gasteiger partial charge in [0.1, 0.15) is 5.75 Å². The van der Waals surface area contributed by atoms with Crippen LogP contribution in [0.1, 0.15) is 5.56 Å². The number of methoxy groups -OCH3 is 2. The minimum atomic E-state index is 0.383. The average molecular weight is 196 g/mol. The summed E-state index contributed by atoms with van der Waals surface area (Å²) in [6.07, 6.45) is 0. The Bertz CT molecular complexity index is 333. The Balaban J connectivity index is 3.15. The fourth-order valence-electron chi connectivity index (χ4n) is 1.14.